The predicted octanol–water partition coefficient (Wildman–Crippen LogP) is 1.70. The van der Waals surface area contributed by atoms with E-state index in [4.69, 9.17) is 14.6 Å². The van der Waals surface area contributed by atoms with E-state index in [-0.39, 0.29) is 29.0 Å². The zero-order valence-electron chi connectivity index (χ0n) is 16.8. The third-order valence-corrected chi connectivity index (χ3v) is 5.58. The quantitative estimate of drug-likeness (QED) is 0.456. The first kappa shape index (κ1) is 23.0. The van der Waals surface area contributed by atoms with Crippen LogP contribution in [0.15, 0.2) is 41.3 Å². The Morgan fingerprint density at radius 1 is 1.10 bits per heavy atom. The van der Waals surface area contributed by atoms with Crippen LogP contribution in [0.5, 0.6) is 17.2 Å². The normalized spacial score (nSPS) is 13.7. The molecular formula is C20H28N2O6S. The number of nitrogens with two attached hydrogens (primary N) is 1. The molecule has 0 fully saturated rings. The summed E-state index contributed by atoms with van der Waals surface area (Å²) in [5.74, 6) is 0.668. The highest BCUT2D eigenvalue weighted by Crippen LogP contribution is 2.28. The van der Waals surface area contributed by atoms with Crippen LogP contribution in [0, 0.1) is 0 Å². The minimum Gasteiger partial charge on any atom is -0.504 e. The second kappa shape index (κ2) is 9.93. The van der Waals surface area contributed by atoms with Gasteiger partial charge in [-0.15, -0.1) is 0 Å². The number of rotatable bonds is 10. The number of aliphatic hydroxyl groups is 1. The SMILES string of the molecule is COc1cc(CCC(C)NCC(O)c2ccc(OC)c(S(N)(=O)=O)c2)ccc1O. The Bertz CT molecular complexity index is 933. The van der Waals surface area contributed by atoms with Gasteiger partial charge < -0.3 is 25.0 Å². The summed E-state index contributed by atoms with van der Waals surface area (Å²) in [6.45, 7) is 2.24. The van der Waals surface area contributed by atoms with Crippen LogP contribution in [0.2, 0.25) is 0 Å². The number of aryl methyl sites for hydroxylation is 1. The molecule has 2 atom stereocenters. The largest absolute Gasteiger partial charge is 0.504 e. The van der Waals surface area contributed by atoms with E-state index in [0.29, 0.717) is 11.3 Å². The summed E-state index contributed by atoms with van der Waals surface area (Å²) in [6.07, 6.45) is 0.655. The molecular weight excluding hydrogens is 396 g/mol. The van der Waals surface area contributed by atoms with Crippen LogP contribution in [-0.2, 0) is 16.4 Å². The lowest BCUT2D eigenvalue weighted by molar-refractivity contribution is 0.169. The van der Waals surface area contributed by atoms with Gasteiger partial charge in [-0.2, -0.15) is 0 Å². The number of primary sulfonamides is 1. The standard InChI is InChI=1S/C20H28N2O6S/c1-13(4-5-14-6-8-16(23)19(10-14)28-3)22-12-17(24)15-7-9-18(27-2)20(11-15)29(21,25)26/h6-11,13,17,22-24H,4-5,12H2,1-3H3,(H2,21,25,26). The molecule has 0 spiro atoms. The maximum absolute atomic E-state index is 11.7. The molecule has 8 nitrogen and oxygen atoms in total. The zero-order chi connectivity index (χ0) is 21.6. The molecule has 2 rings (SSSR count). The monoisotopic (exact) mass is 424 g/mol. The number of ether oxygens (including phenoxy) is 2. The Kier molecular flexibility index (Phi) is 7.86. The van der Waals surface area contributed by atoms with Crippen LogP contribution in [0.4, 0.5) is 0 Å². The third kappa shape index (κ3) is 6.33. The van der Waals surface area contributed by atoms with E-state index in [1.807, 2.05) is 13.0 Å². The first-order valence-electron chi connectivity index (χ1n) is 9.13. The second-order valence-corrected chi connectivity index (χ2v) is 8.36. The Balaban J connectivity index is 1.94. The topological polar surface area (TPSA) is 131 Å². The minimum absolute atomic E-state index is 0.0976. The Morgan fingerprint density at radius 3 is 2.41 bits per heavy atom. The van der Waals surface area contributed by atoms with Crippen molar-refractivity contribution in [1.29, 1.82) is 0 Å². The van der Waals surface area contributed by atoms with Crippen molar-refractivity contribution in [2.75, 3.05) is 20.8 Å². The summed E-state index contributed by atoms with van der Waals surface area (Å²) in [7, 11) is -1.11. The summed E-state index contributed by atoms with van der Waals surface area (Å²) < 4.78 is 33.6. The van der Waals surface area contributed by atoms with Gasteiger partial charge in [-0.05, 0) is 55.2 Å². The number of phenolic OH excluding ortho intramolecular Hbond substituents is 1. The zero-order valence-corrected chi connectivity index (χ0v) is 17.6. The first-order valence-corrected chi connectivity index (χ1v) is 10.7. The van der Waals surface area contributed by atoms with Crippen molar-refractivity contribution >= 4 is 10.0 Å². The van der Waals surface area contributed by atoms with E-state index in [2.05, 4.69) is 5.32 Å². The van der Waals surface area contributed by atoms with Gasteiger partial charge in [0.15, 0.2) is 11.5 Å². The number of methoxy groups -OCH3 is 2. The number of aliphatic hydroxyl groups excluding tert-OH is 1. The summed E-state index contributed by atoms with van der Waals surface area (Å²) in [4.78, 5) is -0.161. The van der Waals surface area contributed by atoms with Gasteiger partial charge in [-0.3, -0.25) is 0 Å². The van der Waals surface area contributed by atoms with E-state index >= 15 is 0 Å². The number of aromatic hydroxyl groups is 1. The van der Waals surface area contributed by atoms with Crippen LogP contribution >= 0.6 is 0 Å². The van der Waals surface area contributed by atoms with Gasteiger partial charge in [0, 0.05) is 12.6 Å². The number of hydrogen-bond acceptors (Lipinski definition) is 7. The molecule has 29 heavy (non-hydrogen) atoms. The number of benzene rings is 2. The summed E-state index contributed by atoms with van der Waals surface area (Å²) in [5, 5.41) is 28.5. The summed E-state index contributed by atoms with van der Waals surface area (Å²) in [5.41, 5.74) is 1.46. The molecule has 0 bridgehead atoms. The highest BCUT2D eigenvalue weighted by Gasteiger charge is 2.18. The maximum Gasteiger partial charge on any atom is 0.241 e. The van der Waals surface area contributed by atoms with Gasteiger partial charge in [0.05, 0.1) is 20.3 Å². The van der Waals surface area contributed by atoms with Crippen LogP contribution in [0.1, 0.15) is 30.6 Å². The van der Waals surface area contributed by atoms with E-state index in [9.17, 15) is 18.6 Å². The Hall–Kier alpha value is -2.33. The molecule has 2 aromatic carbocycles. The van der Waals surface area contributed by atoms with Crippen molar-refractivity contribution in [2.24, 2.45) is 5.14 Å². The van der Waals surface area contributed by atoms with Crippen molar-refractivity contribution in [3.05, 3.63) is 47.5 Å². The molecule has 2 unspecified atom stereocenters. The predicted molar refractivity (Wildman–Crippen MR) is 110 cm³/mol. The molecule has 0 saturated carbocycles. The molecule has 160 valence electrons. The van der Waals surface area contributed by atoms with Crippen LogP contribution in [-0.4, -0.2) is 45.4 Å². The highest BCUT2D eigenvalue weighted by molar-refractivity contribution is 7.89. The smallest absolute Gasteiger partial charge is 0.241 e. The number of hydrogen-bond donors (Lipinski definition) is 4. The van der Waals surface area contributed by atoms with Gasteiger partial charge in [-0.25, -0.2) is 13.6 Å². The lowest BCUT2D eigenvalue weighted by Crippen LogP contribution is -2.31. The molecule has 0 aliphatic carbocycles. The van der Waals surface area contributed by atoms with E-state index < -0.39 is 16.1 Å². The molecule has 0 aliphatic heterocycles. The number of sulfonamides is 1. The second-order valence-electron chi connectivity index (χ2n) is 6.83. The number of phenols is 1. The third-order valence-electron chi connectivity index (χ3n) is 4.65. The Morgan fingerprint density at radius 2 is 1.79 bits per heavy atom. The molecule has 2 aromatic rings. The fourth-order valence-electron chi connectivity index (χ4n) is 2.92. The minimum atomic E-state index is -3.97. The molecule has 0 aliphatic rings. The molecule has 0 radical (unpaired) electrons. The fourth-order valence-corrected chi connectivity index (χ4v) is 3.65. The van der Waals surface area contributed by atoms with Gasteiger partial charge in [0.1, 0.15) is 10.6 Å². The maximum atomic E-state index is 11.7. The van der Waals surface area contributed by atoms with Gasteiger partial charge in [0.25, 0.3) is 0 Å². The lowest BCUT2D eigenvalue weighted by Gasteiger charge is -2.18. The summed E-state index contributed by atoms with van der Waals surface area (Å²) >= 11 is 0. The van der Waals surface area contributed by atoms with Crippen molar-refractivity contribution in [1.82, 2.24) is 5.32 Å². The van der Waals surface area contributed by atoms with Crippen molar-refractivity contribution in [3.8, 4) is 17.2 Å². The average molecular weight is 425 g/mol. The van der Waals surface area contributed by atoms with E-state index in [0.717, 1.165) is 18.4 Å². The van der Waals surface area contributed by atoms with Crippen LogP contribution in [0.25, 0.3) is 0 Å². The Labute approximate surface area is 171 Å². The fraction of sp³-hybridized carbons (Fsp3) is 0.400. The van der Waals surface area contributed by atoms with Crippen molar-refractivity contribution < 1.29 is 28.1 Å². The van der Waals surface area contributed by atoms with Crippen molar-refractivity contribution in [3.63, 3.8) is 0 Å². The number of nitrogens with one attached hydrogen (secondary N) is 1. The molecule has 0 aromatic heterocycles. The lowest BCUT2D eigenvalue weighted by atomic mass is 10.0. The molecule has 0 saturated heterocycles. The molecule has 0 heterocycles. The highest BCUT2D eigenvalue weighted by atomic mass is 32.2. The van der Waals surface area contributed by atoms with E-state index in [1.165, 1.54) is 26.4 Å². The molecule has 9 heteroatoms. The van der Waals surface area contributed by atoms with Gasteiger partial charge >= 0.3 is 0 Å². The molecule has 5 N–H and O–H groups in total. The first-order chi connectivity index (χ1) is 13.7. The van der Waals surface area contributed by atoms with Gasteiger partial charge in [0.2, 0.25) is 10.0 Å². The van der Waals surface area contributed by atoms with E-state index in [1.54, 1.807) is 18.2 Å². The summed E-state index contributed by atoms with van der Waals surface area (Å²) in [6, 6.07) is 9.73. The average Bonchev–Trinajstić information content (AvgIpc) is 2.70. The van der Waals surface area contributed by atoms with Gasteiger partial charge in [-0.1, -0.05) is 12.1 Å². The van der Waals surface area contributed by atoms with Crippen molar-refractivity contribution in [2.45, 2.75) is 36.8 Å². The molecule has 0 amide bonds. The van der Waals surface area contributed by atoms with Crippen LogP contribution in [0.3, 0.4) is 0 Å². The van der Waals surface area contributed by atoms with Crippen LogP contribution < -0.4 is 19.9 Å².